The van der Waals surface area contributed by atoms with Crippen LogP contribution in [0.25, 0.3) is 0 Å². The van der Waals surface area contributed by atoms with Crippen molar-refractivity contribution in [1.82, 2.24) is 0 Å². The summed E-state index contributed by atoms with van der Waals surface area (Å²) in [6, 6.07) is 6.31. The van der Waals surface area contributed by atoms with Gasteiger partial charge in [0.1, 0.15) is 23.1 Å². The molecule has 6 atom stereocenters. The van der Waals surface area contributed by atoms with Gasteiger partial charge in [0.05, 0.1) is 0 Å². The smallest absolute Gasteiger partial charge is 0.311 e. The molecule has 8 heteroatoms. The summed E-state index contributed by atoms with van der Waals surface area (Å²) in [5.41, 5.74) is 16.1. The number of nitrogens with two attached hydrogens (primary N) is 2. The van der Waals surface area contributed by atoms with Gasteiger partial charge in [-0.2, -0.15) is 0 Å². The molecule has 4 N–H and O–H groups in total. The van der Waals surface area contributed by atoms with Gasteiger partial charge in [0.25, 0.3) is 0 Å². The highest BCUT2D eigenvalue weighted by Crippen LogP contribution is 2.49. The summed E-state index contributed by atoms with van der Waals surface area (Å²) < 4.78 is 41.9. The van der Waals surface area contributed by atoms with Gasteiger partial charge in [0, 0.05) is 47.9 Å². The highest BCUT2D eigenvalue weighted by Gasteiger charge is 2.46. The van der Waals surface area contributed by atoms with E-state index in [-0.39, 0.29) is 70.7 Å². The molecule has 1 unspecified atom stereocenters. The molecule has 262 valence electrons. The van der Waals surface area contributed by atoms with Gasteiger partial charge in [0.15, 0.2) is 0 Å². The summed E-state index contributed by atoms with van der Waals surface area (Å²) in [7, 11) is 0. The normalized spacial score (nSPS) is 29.7. The zero-order valence-corrected chi connectivity index (χ0v) is 28.9. The minimum Gasteiger partial charge on any atom is -0.426 e. The van der Waals surface area contributed by atoms with Crippen LogP contribution < -0.4 is 20.9 Å². The molecule has 6 rings (SSSR count). The van der Waals surface area contributed by atoms with Gasteiger partial charge >= 0.3 is 11.9 Å². The van der Waals surface area contributed by atoms with Crippen molar-refractivity contribution in [1.29, 1.82) is 0 Å². The summed E-state index contributed by atoms with van der Waals surface area (Å²) in [6.07, 6.45) is 14.9. The molecule has 0 spiro atoms. The molecule has 0 aromatic heterocycles. The van der Waals surface area contributed by atoms with Gasteiger partial charge in [-0.15, -0.1) is 0 Å². The molecule has 0 saturated heterocycles. The Morgan fingerprint density at radius 2 is 1.08 bits per heavy atom. The van der Waals surface area contributed by atoms with Crippen LogP contribution in [0.1, 0.15) is 139 Å². The van der Waals surface area contributed by atoms with Crippen molar-refractivity contribution in [2.24, 2.45) is 23.3 Å². The first kappa shape index (κ1) is 35.0. The maximum atomic E-state index is 15.3. The number of esters is 2. The van der Waals surface area contributed by atoms with E-state index in [1.165, 1.54) is 12.1 Å². The van der Waals surface area contributed by atoms with Crippen LogP contribution in [0.5, 0.6) is 11.5 Å². The molecule has 0 radical (unpaired) electrons. The van der Waals surface area contributed by atoms with E-state index in [0.717, 1.165) is 99.3 Å². The molecular formula is C40H54F2N2O4. The van der Waals surface area contributed by atoms with E-state index < -0.39 is 11.9 Å². The van der Waals surface area contributed by atoms with Crippen molar-refractivity contribution < 1.29 is 27.8 Å². The molecule has 2 fully saturated rings. The topological polar surface area (TPSA) is 105 Å². The van der Waals surface area contributed by atoms with E-state index in [4.69, 9.17) is 20.9 Å². The van der Waals surface area contributed by atoms with Crippen molar-refractivity contribution in [2.75, 3.05) is 0 Å². The Morgan fingerprint density at radius 1 is 0.667 bits per heavy atom. The number of rotatable bonds is 9. The number of fused-ring (bicyclic) bond motifs is 8. The maximum Gasteiger partial charge on any atom is 0.311 e. The number of hydrogen-bond acceptors (Lipinski definition) is 6. The predicted octanol–water partition coefficient (Wildman–Crippen LogP) is 8.26. The van der Waals surface area contributed by atoms with Crippen molar-refractivity contribution in [2.45, 2.75) is 152 Å². The lowest BCUT2D eigenvalue weighted by molar-refractivity contribution is -0.135. The SMILES string of the molecule is CC12CCCCC[C@@H](Cc3c(F)cc(OC(=O)CCCCCCC(=O)Oc4cc(F)c5c(c4)[C@@]4(C)CCCCC[C@@H](C5)[C@@H]4N)cc31)[C@@H]2N. The number of halogens is 2. The molecule has 0 heterocycles. The van der Waals surface area contributed by atoms with Gasteiger partial charge in [-0.3, -0.25) is 9.59 Å². The second kappa shape index (κ2) is 14.6. The molecular weight excluding hydrogens is 610 g/mol. The van der Waals surface area contributed by atoms with Gasteiger partial charge in [0.2, 0.25) is 0 Å². The first-order chi connectivity index (χ1) is 23.0. The van der Waals surface area contributed by atoms with E-state index in [9.17, 15) is 9.59 Å². The zero-order valence-electron chi connectivity index (χ0n) is 28.9. The Kier molecular flexibility index (Phi) is 10.6. The molecule has 0 aliphatic heterocycles. The monoisotopic (exact) mass is 664 g/mol. The fraction of sp³-hybridized carbons (Fsp3) is 0.650. The van der Waals surface area contributed by atoms with Crippen LogP contribution in [0.2, 0.25) is 0 Å². The summed E-state index contributed by atoms with van der Waals surface area (Å²) in [5, 5.41) is 0. The van der Waals surface area contributed by atoms with Crippen molar-refractivity contribution in [3.63, 3.8) is 0 Å². The first-order valence-electron chi connectivity index (χ1n) is 18.6. The Morgan fingerprint density at radius 3 is 1.50 bits per heavy atom. The van der Waals surface area contributed by atoms with Crippen LogP contribution in [-0.4, -0.2) is 24.0 Å². The highest BCUT2D eigenvalue weighted by atomic mass is 19.1. The van der Waals surface area contributed by atoms with Gasteiger partial charge < -0.3 is 20.9 Å². The van der Waals surface area contributed by atoms with Crippen LogP contribution in [-0.2, 0) is 33.3 Å². The molecule has 48 heavy (non-hydrogen) atoms. The molecule has 2 aromatic rings. The van der Waals surface area contributed by atoms with Crippen LogP contribution in [0.4, 0.5) is 8.78 Å². The lowest BCUT2D eigenvalue weighted by atomic mass is 9.60. The molecule has 0 amide bonds. The molecule has 2 saturated carbocycles. The number of carbonyl (C=O) groups excluding carboxylic acids is 2. The maximum absolute atomic E-state index is 15.3. The van der Waals surface area contributed by atoms with E-state index in [1.807, 2.05) is 12.1 Å². The molecule has 4 aliphatic rings. The third kappa shape index (κ3) is 7.07. The van der Waals surface area contributed by atoms with Crippen molar-refractivity contribution in [3.05, 3.63) is 58.2 Å². The average Bonchev–Trinajstić information content (AvgIpc) is 3.03. The van der Waals surface area contributed by atoms with Crippen LogP contribution >= 0.6 is 0 Å². The van der Waals surface area contributed by atoms with E-state index in [2.05, 4.69) is 13.8 Å². The van der Waals surface area contributed by atoms with Crippen molar-refractivity contribution in [3.8, 4) is 11.5 Å². The van der Waals surface area contributed by atoms with E-state index in [1.54, 1.807) is 0 Å². The number of hydrogen-bond donors (Lipinski definition) is 2. The van der Waals surface area contributed by atoms with Crippen LogP contribution in [0, 0.1) is 23.5 Å². The molecule has 6 nitrogen and oxygen atoms in total. The standard InChI is InChI=1S/C40H54F2N2O4/c1-39-17-11-5-7-13-25(37(39)43)19-29-31(39)21-27(23-33(29)41)47-35(45)15-9-3-4-10-16-36(46)48-28-22-32-30(34(42)24-28)20-26-14-8-6-12-18-40(32,2)38(26)44/h21-26,37-38H,3-20,43-44H2,1-2H3/t25-,26-,37-,38-,39+,40?/m0/s1. The number of ether oxygens (including phenoxy) is 2. The second-order valence-corrected chi connectivity index (χ2v) is 15.7. The number of carbonyl (C=O) groups is 2. The minimum atomic E-state index is -0.395. The largest absolute Gasteiger partial charge is 0.426 e. The van der Waals surface area contributed by atoms with Gasteiger partial charge in [-0.05, 0) is 97.6 Å². The van der Waals surface area contributed by atoms with Gasteiger partial charge in [-0.1, -0.05) is 65.2 Å². The number of benzene rings is 2. The Labute approximate surface area is 284 Å². The highest BCUT2D eigenvalue weighted by molar-refractivity contribution is 5.73. The fourth-order valence-electron chi connectivity index (χ4n) is 9.53. The van der Waals surface area contributed by atoms with Crippen LogP contribution in [0.15, 0.2) is 24.3 Å². The summed E-state index contributed by atoms with van der Waals surface area (Å²) >= 11 is 0. The third-order valence-electron chi connectivity index (χ3n) is 12.5. The Bertz CT molecular complexity index is 1400. The molecule has 4 bridgehead atoms. The van der Waals surface area contributed by atoms with Crippen LogP contribution in [0.3, 0.4) is 0 Å². The zero-order chi connectivity index (χ0) is 34.1. The minimum absolute atomic E-state index is 0.0385. The van der Waals surface area contributed by atoms with E-state index in [0.29, 0.717) is 25.7 Å². The average molecular weight is 665 g/mol. The quantitative estimate of drug-likeness (QED) is 0.159. The third-order valence-corrected chi connectivity index (χ3v) is 12.5. The fourth-order valence-corrected chi connectivity index (χ4v) is 9.53. The first-order valence-corrected chi connectivity index (χ1v) is 18.6. The Balaban J connectivity index is 0.965. The lowest BCUT2D eigenvalue weighted by Crippen LogP contribution is -2.53. The van der Waals surface area contributed by atoms with E-state index >= 15 is 8.78 Å². The predicted molar refractivity (Wildman–Crippen MR) is 183 cm³/mol. The lowest BCUT2D eigenvalue weighted by Gasteiger charge is -2.47. The molecule has 2 aromatic carbocycles. The van der Waals surface area contributed by atoms with Gasteiger partial charge in [-0.25, -0.2) is 8.78 Å². The molecule has 4 aliphatic carbocycles. The van der Waals surface area contributed by atoms with Crippen molar-refractivity contribution >= 4 is 11.9 Å². The Hall–Kier alpha value is -2.84. The second-order valence-electron chi connectivity index (χ2n) is 15.7. The summed E-state index contributed by atoms with van der Waals surface area (Å²) in [6.45, 7) is 4.28. The number of unbranched alkanes of at least 4 members (excludes halogenated alkanes) is 3. The summed E-state index contributed by atoms with van der Waals surface area (Å²) in [5.74, 6) is -0.368. The summed E-state index contributed by atoms with van der Waals surface area (Å²) in [4.78, 5) is 25.4.